The lowest BCUT2D eigenvalue weighted by atomic mass is 9.83. The van der Waals surface area contributed by atoms with Crippen molar-refractivity contribution in [2.45, 2.75) is 327 Å². The molecule has 7 aliphatic rings. The summed E-state index contributed by atoms with van der Waals surface area (Å²) in [5.74, 6) is -1.74. The van der Waals surface area contributed by atoms with Gasteiger partial charge in [0.05, 0.1) is 62.4 Å². The first-order chi connectivity index (χ1) is 42.0. The molecule has 33 nitrogen and oxygen atoms in total. The Morgan fingerprint density at radius 2 is 0.730 bits per heavy atom. The maximum absolute atomic E-state index is 12.5. The van der Waals surface area contributed by atoms with E-state index in [4.69, 9.17) is 61.6 Å². The highest BCUT2D eigenvalue weighted by atomic mass is 16.8. The Balaban J connectivity index is 1.09. The molecule has 0 aromatic rings. The lowest BCUT2D eigenvalue weighted by Gasteiger charge is -2.51. The Bertz CT molecular complexity index is 2110. The fourth-order valence-electron chi connectivity index (χ4n) is 12.5. The van der Waals surface area contributed by atoms with Crippen LogP contribution in [-0.4, -0.2) is 337 Å². The van der Waals surface area contributed by atoms with Crippen LogP contribution in [0.2, 0.25) is 0 Å². The molecule has 0 radical (unpaired) electrons. The van der Waals surface area contributed by atoms with E-state index in [0.717, 1.165) is 0 Å². The van der Waals surface area contributed by atoms with Gasteiger partial charge in [0.15, 0.2) is 37.7 Å². The summed E-state index contributed by atoms with van der Waals surface area (Å²) in [6, 6.07) is 0. The van der Waals surface area contributed by atoms with E-state index in [2.05, 4.69) is 0 Å². The number of hydrogen-bond acceptors (Lipinski definition) is 32. The highest BCUT2D eigenvalue weighted by Crippen LogP contribution is 2.39. The Kier molecular flexibility index (Phi) is 27.9. The van der Waals surface area contributed by atoms with Crippen molar-refractivity contribution in [1.29, 1.82) is 0 Å². The normalized spacial score (nSPS) is 49.1. The molecule has 0 amide bonds. The molecule has 7 fully saturated rings. The quantitative estimate of drug-likeness (QED) is 0.0340. The van der Waals surface area contributed by atoms with Crippen molar-refractivity contribution in [3.05, 3.63) is 0 Å². The van der Waals surface area contributed by atoms with Crippen LogP contribution in [0.25, 0.3) is 0 Å². The minimum Gasteiger partial charge on any atom is -0.481 e. The molecular weight excluding hydrogens is 1200 g/mol. The first-order valence-corrected chi connectivity index (χ1v) is 30.9. The average Bonchev–Trinajstić information content (AvgIpc) is 1.57. The number of aliphatic hydroxyl groups is 18. The number of aliphatic hydroxyl groups excluding tert-OH is 18. The van der Waals surface area contributed by atoms with Crippen LogP contribution in [0, 0.1) is 5.92 Å². The van der Waals surface area contributed by atoms with E-state index in [9.17, 15) is 102 Å². The molecule has 0 spiro atoms. The number of carboxylic acids is 1. The van der Waals surface area contributed by atoms with Crippen molar-refractivity contribution in [3.8, 4) is 0 Å². The second kappa shape index (κ2) is 33.3. The van der Waals surface area contributed by atoms with E-state index >= 15 is 0 Å². The molecule has 19 N–H and O–H groups in total. The van der Waals surface area contributed by atoms with Crippen LogP contribution < -0.4 is 0 Å². The van der Waals surface area contributed by atoms with Crippen molar-refractivity contribution < 1.29 is 163 Å². The molecule has 0 aromatic heterocycles. The van der Waals surface area contributed by atoms with Gasteiger partial charge in [-0.2, -0.15) is 0 Å². The van der Waals surface area contributed by atoms with Crippen LogP contribution in [0.3, 0.4) is 0 Å². The molecule has 89 heavy (non-hydrogen) atoms. The fraction of sp³-hybridized carbons (Fsp3) is 0.982. The van der Waals surface area contributed by atoms with E-state index < -0.39 is 246 Å². The van der Waals surface area contributed by atoms with E-state index in [0.29, 0.717) is 57.8 Å². The third-order valence-electron chi connectivity index (χ3n) is 18.1. The minimum absolute atomic E-state index is 0.319. The zero-order valence-corrected chi connectivity index (χ0v) is 50.6. The van der Waals surface area contributed by atoms with Gasteiger partial charge in [0.2, 0.25) is 0 Å². The molecule has 7 rings (SSSR count). The zero-order chi connectivity index (χ0) is 65.6. The van der Waals surface area contributed by atoms with Crippen LogP contribution in [0.5, 0.6) is 0 Å². The van der Waals surface area contributed by atoms with Crippen LogP contribution in [0.1, 0.15) is 106 Å². The van der Waals surface area contributed by atoms with E-state index in [-0.39, 0.29) is 6.42 Å². The van der Waals surface area contributed by atoms with Crippen molar-refractivity contribution >= 4 is 5.97 Å². The Morgan fingerprint density at radius 3 is 1.21 bits per heavy atom. The maximum atomic E-state index is 12.5. The van der Waals surface area contributed by atoms with Gasteiger partial charge in [0, 0.05) is 0 Å². The molecule has 520 valence electrons. The number of carboxylic acid groups (broad SMARTS) is 1. The second-order valence-corrected chi connectivity index (χ2v) is 24.7. The summed E-state index contributed by atoms with van der Waals surface area (Å²) in [6.45, 7) is 7.07. The SMILES string of the molecule is CCCC(CCCCCCCC(CC(=O)O)C1OC(C)C(O)C(O)C1O)OC1OC(C)C(O)C(O)C1OC1OC(CO)C(O)C(O)C1OC1OC(C)C(OC2OC(C)C(O)C(O)C2O)C(OC2OC(CO)C(O)C(O)C2OC2OC(C)C(O)C(O)C2O)C1O. The highest BCUT2D eigenvalue weighted by Gasteiger charge is 2.59. The van der Waals surface area contributed by atoms with Crippen LogP contribution >= 0.6 is 0 Å². The van der Waals surface area contributed by atoms with E-state index in [1.807, 2.05) is 6.92 Å². The molecule has 7 heterocycles. The summed E-state index contributed by atoms with van der Waals surface area (Å²) in [5, 5.41) is 207. The third-order valence-corrected chi connectivity index (χ3v) is 18.1. The van der Waals surface area contributed by atoms with Crippen molar-refractivity contribution in [2.75, 3.05) is 13.2 Å². The number of carbonyl (C=O) groups is 1. The lowest BCUT2D eigenvalue weighted by Crippen LogP contribution is -2.69. The summed E-state index contributed by atoms with van der Waals surface area (Å²) in [5.41, 5.74) is 0. The van der Waals surface area contributed by atoms with Crippen molar-refractivity contribution in [1.82, 2.24) is 0 Å². The monoisotopic (exact) mass is 1300 g/mol. The van der Waals surface area contributed by atoms with Gasteiger partial charge in [0.25, 0.3) is 0 Å². The van der Waals surface area contributed by atoms with Crippen molar-refractivity contribution in [2.24, 2.45) is 5.92 Å². The summed E-state index contributed by atoms with van der Waals surface area (Å²) in [4.78, 5) is 11.8. The molecule has 7 aliphatic heterocycles. The van der Waals surface area contributed by atoms with Crippen LogP contribution in [0.4, 0.5) is 0 Å². The van der Waals surface area contributed by atoms with Gasteiger partial charge in [0.1, 0.15) is 140 Å². The predicted octanol–water partition coefficient (Wildman–Crippen LogP) is -7.11. The summed E-state index contributed by atoms with van der Waals surface area (Å²) in [7, 11) is 0. The number of ether oxygens (including phenoxy) is 13. The average molecular weight is 1300 g/mol. The Labute approximate surface area is 513 Å². The Hall–Kier alpha value is -1.77. The zero-order valence-electron chi connectivity index (χ0n) is 50.6. The van der Waals surface area contributed by atoms with Crippen molar-refractivity contribution in [3.63, 3.8) is 0 Å². The number of unbranched alkanes of at least 4 members (excludes halogenated alkanes) is 4. The fourth-order valence-corrected chi connectivity index (χ4v) is 12.5. The third kappa shape index (κ3) is 17.5. The van der Waals surface area contributed by atoms with Gasteiger partial charge in [-0.3, -0.25) is 4.79 Å². The molecule has 7 saturated heterocycles. The van der Waals surface area contributed by atoms with Gasteiger partial charge in [-0.1, -0.05) is 45.4 Å². The lowest BCUT2D eigenvalue weighted by molar-refractivity contribution is -0.414. The molecule has 33 heteroatoms. The van der Waals surface area contributed by atoms with Gasteiger partial charge in [-0.15, -0.1) is 0 Å². The maximum Gasteiger partial charge on any atom is 0.303 e. The molecule has 0 aliphatic carbocycles. The molecule has 0 bridgehead atoms. The molecule has 37 unspecified atom stereocenters. The molecular formula is C56H98O33. The number of aliphatic carboxylic acids is 1. The topological polar surface area (TPSA) is 521 Å². The second-order valence-electron chi connectivity index (χ2n) is 24.7. The van der Waals surface area contributed by atoms with E-state index in [1.54, 1.807) is 0 Å². The minimum atomic E-state index is -2.23. The Morgan fingerprint density at radius 1 is 0.360 bits per heavy atom. The number of hydrogen-bond donors (Lipinski definition) is 19. The van der Waals surface area contributed by atoms with E-state index in [1.165, 1.54) is 34.6 Å². The first-order valence-electron chi connectivity index (χ1n) is 30.9. The summed E-state index contributed by atoms with van der Waals surface area (Å²) in [6.07, 6.45) is -54.9. The number of rotatable bonds is 27. The van der Waals surface area contributed by atoms with Gasteiger partial charge in [-0.25, -0.2) is 0 Å². The predicted molar refractivity (Wildman–Crippen MR) is 291 cm³/mol. The summed E-state index contributed by atoms with van der Waals surface area (Å²) >= 11 is 0. The van der Waals surface area contributed by atoms with Gasteiger partial charge < -0.3 is 159 Å². The van der Waals surface area contributed by atoms with Crippen LogP contribution in [-0.2, 0) is 66.4 Å². The highest BCUT2D eigenvalue weighted by molar-refractivity contribution is 5.67. The molecule has 0 saturated carbocycles. The largest absolute Gasteiger partial charge is 0.481 e. The van der Waals surface area contributed by atoms with Gasteiger partial charge in [-0.05, 0) is 59.8 Å². The van der Waals surface area contributed by atoms with Gasteiger partial charge >= 0.3 is 5.97 Å². The first kappa shape index (κ1) is 74.6. The van der Waals surface area contributed by atoms with Crippen LogP contribution in [0.15, 0.2) is 0 Å². The summed E-state index contributed by atoms with van der Waals surface area (Å²) < 4.78 is 78.7. The smallest absolute Gasteiger partial charge is 0.303 e. The molecule has 0 aromatic carbocycles. The molecule has 37 atom stereocenters. The standard InChI is InChI=1S/C56H98O33/c1-7-13-25(15-12-10-8-9-11-14-24(16-28(59)60)46-41(73)35(67)29(61)19(2)77-46)82-54-48(38(70)32(64)22(5)80-54)89-56-50(40(72)34(66)27(18-58)84-56)88-53-44(76)47(45(23(6)81-53)85-51-42(74)36(68)30(62)20(3)78-51)86-55-49(39(71)33(65)26(17-57)83-55)87-52-43(75)37(69)31(63)21(4)79-52/h19-27,29-58,61-76H,7-18H2,1-6H3,(H,59,60).